The summed E-state index contributed by atoms with van der Waals surface area (Å²) in [5, 5.41) is 21.6. The number of hydrogen-bond donors (Lipinski definition) is 1. The summed E-state index contributed by atoms with van der Waals surface area (Å²) in [7, 11) is 0. The van der Waals surface area contributed by atoms with Gasteiger partial charge in [-0.25, -0.2) is 4.68 Å². The van der Waals surface area contributed by atoms with Crippen molar-refractivity contribution in [2.45, 2.75) is 19.0 Å². The molecule has 1 atom stereocenters. The van der Waals surface area contributed by atoms with Crippen molar-refractivity contribution in [1.82, 2.24) is 9.78 Å². The molecule has 1 heterocycles. The summed E-state index contributed by atoms with van der Waals surface area (Å²) in [5.74, 6) is -1.96. The number of carboxylic acid groups (broad SMARTS) is 1. The number of benzene rings is 1. The van der Waals surface area contributed by atoms with Gasteiger partial charge in [0, 0.05) is 6.20 Å². The minimum Gasteiger partial charge on any atom is -0.481 e. The highest BCUT2D eigenvalue weighted by molar-refractivity contribution is 5.74. The molecule has 114 valence electrons. The van der Waals surface area contributed by atoms with E-state index in [9.17, 15) is 18.0 Å². The van der Waals surface area contributed by atoms with Gasteiger partial charge in [-0.05, 0) is 31.2 Å². The summed E-state index contributed by atoms with van der Waals surface area (Å²) in [5.41, 5.74) is -1.22. The third kappa shape index (κ3) is 2.93. The fourth-order valence-electron chi connectivity index (χ4n) is 1.85. The largest absolute Gasteiger partial charge is 0.481 e. The predicted octanol–water partition coefficient (Wildman–Crippen LogP) is 2.95. The fourth-order valence-corrected chi connectivity index (χ4v) is 1.85. The van der Waals surface area contributed by atoms with Crippen LogP contribution in [0.1, 0.15) is 29.7 Å². The molecule has 0 aliphatic heterocycles. The van der Waals surface area contributed by atoms with Gasteiger partial charge in [-0.2, -0.15) is 23.5 Å². The van der Waals surface area contributed by atoms with Crippen LogP contribution in [0.4, 0.5) is 13.2 Å². The van der Waals surface area contributed by atoms with Gasteiger partial charge in [0.1, 0.15) is 0 Å². The van der Waals surface area contributed by atoms with Gasteiger partial charge in [-0.3, -0.25) is 4.79 Å². The molecule has 22 heavy (non-hydrogen) atoms. The topological polar surface area (TPSA) is 78.9 Å². The molecule has 0 bridgehead atoms. The van der Waals surface area contributed by atoms with Crippen LogP contribution < -0.4 is 0 Å². The number of nitrogens with zero attached hydrogens (tertiary/aromatic N) is 3. The summed E-state index contributed by atoms with van der Waals surface area (Å²) < 4.78 is 39.9. The van der Waals surface area contributed by atoms with Crippen molar-refractivity contribution in [3.63, 3.8) is 0 Å². The lowest BCUT2D eigenvalue weighted by Gasteiger charge is -2.11. The van der Waals surface area contributed by atoms with Gasteiger partial charge in [0.2, 0.25) is 0 Å². The monoisotopic (exact) mass is 309 g/mol. The summed E-state index contributed by atoms with van der Waals surface area (Å²) in [6.45, 7) is 1.43. The maximum atomic E-state index is 12.9. The van der Waals surface area contributed by atoms with Crippen molar-refractivity contribution in [2.75, 3.05) is 0 Å². The first-order chi connectivity index (χ1) is 10.2. The smallest absolute Gasteiger partial charge is 0.417 e. The summed E-state index contributed by atoms with van der Waals surface area (Å²) >= 11 is 0. The molecule has 5 nitrogen and oxygen atoms in total. The van der Waals surface area contributed by atoms with Crippen LogP contribution in [-0.4, -0.2) is 20.9 Å². The van der Waals surface area contributed by atoms with Crippen LogP contribution in [0.25, 0.3) is 5.69 Å². The zero-order valence-electron chi connectivity index (χ0n) is 11.3. The summed E-state index contributed by atoms with van der Waals surface area (Å²) in [6.07, 6.45) is -3.29. The number of rotatable bonds is 3. The summed E-state index contributed by atoms with van der Waals surface area (Å²) in [4.78, 5) is 10.9. The Kier molecular flexibility index (Phi) is 3.91. The Labute approximate surface area is 123 Å². The van der Waals surface area contributed by atoms with E-state index in [0.717, 1.165) is 16.8 Å². The molecule has 1 aromatic heterocycles. The fraction of sp³-hybridized carbons (Fsp3) is 0.214. The Morgan fingerprint density at radius 3 is 2.64 bits per heavy atom. The second-order valence-electron chi connectivity index (χ2n) is 4.58. The van der Waals surface area contributed by atoms with E-state index >= 15 is 0 Å². The SMILES string of the molecule is CC(C(=O)O)c1ccn(-c2ccc(C#N)c(C(F)(F)F)c2)n1. The molecule has 0 saturated carbocycles. The van der Waals surface area contributed by atoms with E-state index in [0.29, 0.717) is 0 Å². The third-order valence-electron chi connectivity index (χ3n) is 3.12. The van der Waals surface area contributed by atoms with Crippen LogP contribution in [0, 0.1) is 11.3 Å². The molecule has 1 aromatic carbocycles. The van der Waals surface area contributed by atoms with E-state index in [4.69, 9.17) is 10.4 Å². The van der Waals surface area contributed by atoms with E-state index in [-0.39, 0.29) is 11.4 Å². The van der Waals surface area contributed by atoms with Gasteiger partial charge in [-0.1, -0.05) is 0 Å². The van der Waals surface area contributed by atoms with E-state index < -0.39 is 29.2 Å². The highest BCUT2D eigenvalue weighted by atomic mass is 19.4. The molecule has 1 unspecified atom stereocenters. The number of carboxylic acids is 1. The van der Waals surface area contributed by atoms with Crippen molar-refractivity contribution in [3.8, 4) is 11.8 Å². The van der Waals surface area contributed by atoms with Crippen LogP contribution in [0.5, 0.6) is 0 Å². The first-order valence-electron chi connectivity index (χ1n) is 6.14. The highest BCUT2D eigenvalue weighted by Crippen LogP contribution is 2.33. The van der Waals surface area contributed by atoms with Gasteiger partial charge in [0.05, 0.1) is 34.5 Å². The van der Waals surface area contributed by atoms with E-state index in [2.05, 4.69) is 5.10 Å². The normalized spacial score (nSPS) is 12.7. The van der Waals surface area contributed by atoms with E-state index in [1.54, 1.807) is 0 Å². The van der Waals surface area contributed by atoms with E-state index in [1.165, 1.54) is 31.3 Å². The van der Waals surface area contributed by atoms with Crippen LogP contribution in [0.3, 0.4) is 0 Å². The molecular weight excluding hydrogens is 299 g/mol. The molecule has 0 aliphatic rings. The lowest BCUT2D eigenvalue weighted by molar-refractivity contribution is -0.139. The van der Waals surface area contributed by atoms with Gasteiger partial charge < -0.3 is 5.11 Å². The number of hydrogen-bond acceptors (Lipinski definition) is 3. The first-order valence-corrected chi connectivity index (χ1v) is 6.14. The van der Waals surface area contributed by atoms with Crippen molar-refractivity contribution in [1.29, 1.82) is 5.26 Å². The molecule has 2 aromatic rings. The van der Waals surface area contributed by atoms with Gasteiger partial charge in [0.25, 0.3) is 0 Å². The molecule has 0 fully saturated rings. The van der Waals surface area contributed by atoms with Gasteiger partial charge in [0.15, 0.2) is 0 Å². The maximum absolute atomic E-state index is 12.9. The third-order valence-corrected chi connectivity index (χ3v) is 3.12. The number of aliphatic carboxylic acids is 1. The van der Waals surface area contributed by atoms with Crippen LogP contribution in [0.2, 0.25) is 0 Å². The molecule has 8 heteroatoms. The van der Waals surface area contributed by atoms with Gasteiger partial charge in [-0.15, -0.1) is 0 Å². The van der Waals surface area contributed by atoms with Crippen molar-refractivity contribution in [2.24, 2.45) is 0 Å². The standard InChI is InChI=1S/C14H10F3N3O2/c1-8(13(21)22)12-4-5-20(19-12)10-3-2-9(7-18)11(6-10)14(15,16)17/h2-6,8H,1H3,(H,21,22). The first kappa shape index (κ1) is 15.6. The molecule has 0 aliphatic carbocycles. The maximum Gasteiger partial charge on any atom is 0.417 e. The van der Waals surface area contributed by atoms with Crippen molar-refractivity contribution < 1.29 is 23.1 Å². The Morgan fingerprint density at radius 1 is 1.41 bits per heavy atom. The van der Waals surface area contributed by atoms with Crippen LogP contribution in [-0.2, 0) is 11.0 Å². The molecule has 0 amide bonds. The second-order valence-corrected chi connectivity index (χ2v) is 4.58. The van der Waals surface area contributed by atoms with Crippen LogP contribution >= 0.6 is 0 Å². The Hall–Kier alpha value is -2.82. The number of alkyl halides is 3. The van der Waals surface area contributed by atoms with Crippen LogP contribution in [0.15, 0.2) is 30.5 Å². The van der Waals surface area contributed by atoms with Crippen molar-refractivity contribution in [3.05, 3.63) is 47.3 Å². The minimum atomic E-state index is -4.66. The molecular formula is C14H10F3N3O2. The number of carbonyl (C=O) groups is 1. The van der Waals surface area contributed by atoms with E-state index in [1.807, 2.05) is 0 Å². The highest BCUT2D eigenvalue weighted by Gasteiger charge is 2.34. The van der Waals surface area contributed by atoms with Gasteiger partial charge >= 0.3 is 12.1 Å². The summed E-state index contributed by atoms with van der Waals surface area (Å²) in [6, 6.07) is 6.09. The lowest BCUT2D eigenvalue weighted by Crippen LogP contribution is -2.10. The Balaban J connectivity index is 2.47. The predicted molar refractivity (Wildman–Crippen MR) is 69.3 cm³/mol. The average Bonchev–Trinajstić information content (AvgIpc) is 2.94. The second kappa shape index (κ2) is 5.52. The Morgan fingerprint density at radius 2 is 2.09 bits per heavy atom. The van der Waals surface area contributed by atoms with Crippen molar-refractivity contribution >= 4 is 5.97 Å². The number of halogens is 3. The molecule has 0 radical (unpaired) electrons. The zero-order valence-corrected chi connectivity index (χ0v) is 11.3. The average molecular weight is 309 g/mol. The minimum absolute atomic E-state index is 0.0927. The quantitative estimate of drug-likeness (QED) is 0.945. The lowest BCUT2D eigenvalue weighted by atomic mass is 10.1. The molecule has 0 spiro atoms. The molecule has 0 saturated heterocycles. The molecule has 2 rings (SSSR count). The number of aromatic nitrogens is 2. The number of nitriles is 1. The molecule has 1 N–H and O–H groups in total. The zero-order chi connectivity index (χ0) is 16.5. The Bertz CT molecular complexity index is 759.